The fraction of sp³-hybridized carbons (Fsp3) is 0.263. The van der Waals surface area contributed by atoms with Gasteiger partial charge in [0.05, 0.1) is 18.8 Å². The highest BCUT2D eigenvalue weighted by atomic mass is 19.2. The average Bonchev–Trinajstić information content (AvgIpc) is 2.71. The molecule has 0 heterocycles. The van der Waals surface area contributed by atoms with E-state index in [2.05, 4.69) is 20.9 Å². The van der Waals surface area contributed by atoms with Gasteiger partial charge >= 0.3 is 0 Å². The van der Waals surface area contributed by atoms with Crippen LogP contribution in [0.2, 0.25) is 0 Å². The smallest absolute Gasteiger partial charge is 0.243 e. The summed E-state index contributed by atoms with van der Waals surface area (Å²) in [4.78, 5) is 15.8. The van der Waals surface area contributed by atoms with Gasteiger partial charge in [-0.3, -0.25) is 9.79 Å². The van der Waals surface area contributed by atoms with Crippen LogP contribution >= 0.6 is 0 Å². The van der Waals surface area contributed by atoms with Crippen molar-refractivity contribution in [2.75, 3.05) is 32.1 Å². The normalized spacial score (nSPS) is 11.1. The molecule has 1 amide bonds. The van der Waals surface area contributed by atoms with Crippen molar-refractivity contribution >= 4 is 17.6 Å². The lowest BCUT2D eigenvalue weighted by molar-refractivity contribution is -0.115. The van der Waals surface area contributed by atoms with Crippen molar-refractivity contribution in [2.45, 2.75) is 6.42 Å². The van der Waals surface area contributed by atoms with E-state index in [4.69, 9.17) is 4.74 Å². The Labute approximate surface area is 160 Å². The lowest BCUT2D eigenvalue weighted by Gasteiger charge is -2.12. The van der Waals surface area contributed by atoms with Crippen LogP contribution in [-0.2, 0) is 4.79 Å². The van der Waals surface area contributed by atoms with Gasteiger partial charge < -0.3 is 20.7 Å². The zero-order chi connectivity index (χ0) is 20.4. The van der Waals surface area contributed by atoms with Gasteiger partial charge in [-0.05, 0) is 30.7 Å². The number of carbonyl (C=O) groups excluding carboxylic acids is 1. The molecular weight excluding hydrogens is 373 g/mol. The fourth-order valence-electron chi connectivity index (χ4n) is 2.19. The first-order valence-electron chi connectivity index (χ1n) is 8.57. The van der Waals surface area contributed by atoms with Crippen molar-refractivity contribution in [3.8, 4) is 5.75 Å². The third-order valence-electron chi connectivity index (χ3n) is 3.57. The maximum atomic E-state index is 13.6. The zero-order valence-corrected chi connectivity index (χ0v) is 15.3. The molecule has 0 saturated carbocycles. The summed E-state index contributed by atoms with van der Waals surface area (Å²) in [5.74, 6) is -3.91. The number of para-hydroxylation sites is 1. The molecule has 0 radical (unpaired) electrons. The highest BCUT2D eigenvalue weighted by molar-refractivity contribution is 5.95. The summed E-state index contributed by atoms with van der Waals surface area (Å²) >= 11 is 0. The predicted molar refractivity (Wildman–Crippen MR) is 101 cm³/mol. The van der Waals surface area contributed by atoms with Gasteiger partial charge in [-0.25, -0.2) is 13.2 Å². The Hall–Kier alpha value is -3.23. The summed E-state index contributed by atoms with van der Waals surface area (Å²) in [5.41, 5.74) is -0.438. The molecule has 0 unspecified atom stereocenters. The maximum Gasteiger partial charge on any atom is 0.243 e. The van der Waals surface area contributed by atoms with E-state index in [-0.39, 0.29) is 6.54 Å². The predicted octanol–water partition coefficient (Wildman–Crippen LogP) is 2.68. The lowest BCUT2D eigenvalue weighted by Crippen LogP contribution is -2.42. The van der Waals surface area contributed by atoms with Gasteiger partial charge in [0.1, 0.15) is 5.75 Å². The minimum absolute atomic E-state index is 0.237. The van der Waals surface area contributed by atoms with E-state index in [0.717, 1.165) is 17.9 Å². The molecule has 0 saturated heterocycles. The molecule has 0 bridgehead atoms. The van der Waals surface area contributed by atoms with Crippen LogP contribution in [0.4, 0.5) is 18.9 Å². The largest absolute Gasteiger partial charge is 0.494 e. The van der Waals surface area contributed by atoms with Gasteiger partial charge in [0.25, 0.3) is 0 Å². The number of aliphatic imine (C=N–C) groups is 1. The van der Waals surface area contributed by atoms with E-state index in [1.165, 1.54) is 7.05 Å². The minimum atomic E-state index is -1.64. The number of hydrogen-bond donors (Lipinski definition) is 3. The second-order valence-corrected chi connectivity index (χ2v) is 5.64. The maximum absolute atomic E-state index is 13.6. The summed E-state index contributed by atoms with van der Waals surface area (Å²) in [6, 6.07) is 11.1. The van der Waals surface area contributed by atoms with Gasteiger partial charge in [-0.2, -0.15) is 0 Å². The summed E-state index contributed by atoms with van der Waals surface area (Å²) in [6.07, 6.45) is 0.696. The first-order chi connectivity index (χ1) is 13.5. The molecule has 0 atom stereocenters. The lowest BCUT2D eigenvalue weighted by atomic mass is 10.2. The Morgan fingerprint density at radius 3 is 2.50 bits per heavy atom. The number of hydrogen-bond acceptors (Lipinski definition) is 3. The van der Waals surface area contributed by atoms with E-state index < -0.39 is 29.0 Å². The molecule has 0 spiro atoms. The number of benzene rings is 2. The topological polar surface area (TPSA) is 74.8 Å². The number of nitrogens with zero attached hydrogens (tertiary/aromatic N) is 1. The molecule has 0 aliphatic rings. The summed E-state index contributed by atoms with van der Waals surface area (Å²) in [6.45, 7) is 0.814. The number of halogens is 3. The van der Waals surface area contributed by atoms with Gasteiger partial charge in [0, 0.05) is 13.6 Å². The Morgan fingerprint density at radius 2 is 1.79 bits per heavy atom. The van der Waals surface area contributed by atoms with E-state index in [9.17, 15) is 18.0 Å². The van der Waals surface area contributed by atoms with E-state index >= 15 is 0 Å². The highest BCUT2D eigenvalue weighted by Crippen LogP contribution is 2.19. The van der Waals surface area contributed by atoms with Crippen LogP contribution in [-0.4, -0.2) is 38.6 Å². The number of rotatable bonds is 8. The quantitative estimate of drug-likeness (QED) is 0.279. The molecule has 28 heavy (non-hydrogen) atoms. The molecular formula is C19H21F3N4O2. The molecule has 0 aliphatic carbocycles. The van der Waals surface area contributed by atoms with E-state index in [1.807, 2.05) is 30.3 Å². The third-order valence-corrected chi connectivity index (χ3v) is 3.57. The fourth-order valence-corrected chi connectivity index (χ4v) is 2.19. The Kier molecular flexibility index (Phi) is 8.13. The number of ether oxygens (including phenoxy) is 1. The second-order valence-electron chi connectivity index (χ2n) is 5.64. The second kappa shape index (κ2) is 10.8. The minimum Gasteiger partial charge on any atom is -0.494 e. The Bertz CT molecular complexity index is 816. The van der Waals surface area contributed by atoms with Gasteiger partial charge in [0.2, 0.25) is 5.91 Å². The van der Waals surface area contributed by atoms with Crippen molar-refractivity contribution in [3.63, 3.8) is 0 Å². The molecule has 0 fully saturated rings. The number of carbonyl (C=O) groups is 1. The Balaban J connectivity index is 1.68. The van der Waals surface area contributed by atoms with Crippen molar-refractivity contribution in [2.24, 2.45) is 4.99 Å². The molecule has 0 aliphatic heterocycles. The number of guanidine groups is 1. The standard InChI is InChI=1S/C19H21F3N4O2/c1-23-19(24-10-5-11-28-13-6-3-2-4-7-13)25-12-16(27)26-15-9-8-14(20)17(21)18(15)22/h2-4,6-9H,5,10-12H2,1H3,(H,26,27)(H2,23,24,25). The first kappa shape index (κ1) is 21.1. The van der Waals surface area contributed by atoms with Gasteiger partial charge in [0.15, 0.2) is 23.4 Å². The van der Waals surface area contributed by atoms with Crippen molar-refractivity contribution in [3.05, 3.63) is 59.9 Å². The Morgan fingerprint density at radius 1 is 1.04 bits per heavy atom. The number of anilines is 1. The molecule has 150 valence electrons. The average molecular weight is 394 g/mol. The van der Waals surface area contributed by atoms with Crippen molar-refractivity contribution in [1.82, 2.24) is 10.6 Å². The SMILES string of the molecule is CN=C(NCCCOc1ccccc1)NCC(=O)Nc1ccc(F)c(F)c1F. The number of amides is 1. The molecule has 3 N–H and O–H groups in total. The molecule has 2 aromatic rings. The van der Waals surface area contributed by atoms with Gasteiger partial charge in [-0.1, -0.05) is 18.2 Å². The van der Waals surface area contributed by atoms with Crippen LogP contribution < -0.4 is 20.7 Å². The zero-order valence-electron chi connectivity index (χ0n) is 15.3. The highest BCUT2D eigenvalue weighted by Gasteiger charge is 2.15. The third kappa shape index (κ3) is 6.49. The van der Waals surface area contributed by atoms with E-state index in [1.54, 1.807) is 0 Å². The van der Waals surface area contributed by atoms with Crippen LogP contribution in [0, 0.1) is 17.5 Å². The summed E-state index contributed by atoms with van der Waals surface area (Å²) in [5, 5.41) is 7.90. The number of nitrogens with one attached hydrogen (secondary N) is 3. The molecule has 6 nitrogen and oxygen atoms in total. The first-order valence-corrected chi connectivity index (χ1v) is 8.57. The summed E-state index contributed by atoms with van der Waals surface area (Å²) in [7, 11) is 1.53. The summed E-state index contributed by atoms with van der Waals surface area (Å²) < 4.78 is 45.2. The molecule has 2 rings (SSSR count). The molecule has 9 heteroatoms. The van der Waals surface area contributed by atoms with Crippen LogP contribution in [0.5, 0.6) is 5.75 Å². The van der Waals surface area contributed by atoms with E-state index in [0.29, 0.717) is 25.5 Å². The molecule has 2 aromatic carbocycles. The van der Waals surface area contributed by atoms with Crippen LogP contribution in [0.3, 0.4) is 0 Å². The van der Waals surface area contributed by atoms with Crippen LogP contribution in [0.25, 0.3) is 0 Å². The van der Waals surface area contributed by atoms with Gasteiger partial charge in [-0.15, -0.1) is 0 Å². The van der Waals surface area contributed by atoms with Crippen LogP contribution in [0.1, 0.15) is 6.42 Å². The van der Waals surface area contributed by atoms with Crippen LogP contribution in [0.15, 0.2) is 47.5 Å². The van der Waals surface area contributed by atoms with Crippen molar-refractivity contribution < 1.29 is 22.7 Å². The molecule has 0 aromatic heterocycles. The van der Waals surface area contributed by atoms with Crippen molar-refractivity contribution in [1.29, 1.82) is 0 Å². The monoisotopic (exact) mass is 394 g/mol.